The summed E-state index contributed by atoms with van der Waals surface area (Å²) in [6.07, 6.45) is 3.84. The largest absolute Gasteiger partial charge is 0.505 e. The lowest BCUT2D eigenvalue weighted by Gasteiger charge is -2.31. The number of phenols is 1. The van der Waals surface area contributed by atoms with Crippen LogP contribution < -0.4 is 5.32 Å². The fourth-order valence-corrected chi connectivity index (χ4v) is 3.17. The first-order valence-corrected chi connectivity index (χ1v) is 8.49. The van der Waals surface area contributed by atoms with Crippen molar-refractivity contribution >= 4 is 5.91 Å². The Balaban J connectivity index is 1.79. The van der Waals surface area contributed by atoms with Crippen molar-refractivity contribution in [3.63, 3.8) is 0 Å². The molecule has 2 N–H and O–H groups in total. The summed E-state index contributed by atoms with van der Waals surface area (Å²) in [7, 11) is 0. The Morgan fingerprint density at radius 1 is 1.43 bits per heavy atom. The predicted molar refractivity (Wildman–Crippen MR) is 88.7 cm³/mol. The van der Waals surface area contributed by atoms with Crippen molar-refractivity contribution in [2.45, 2.75) is 45.6 Å². The molecule has 0 unspecified atom stereocenters. The zero-order valence-electron chi connectivity index (χ0n) is 14.0. The first-order chi connectivity index (χ1) is 11.0. The maximum absolute atomic E-state index is 13.4. The SMILES string of the molecule is CCCN1CCC(CC(=O)N[C@H](C)c2ccc(O)c(F)c2)CC1. The molecule has 0 bridgehead atoms. The number of aromatic hydroxyl groups is 1. The molecule has 23 heavy (non-hydrogen) atoms. The number of benzene rings is 1. The summed E-state index contributed by atoms with van der Waals surface area (Å²) in [5.74, 6) is -0.579. The highest BCUT2D eigenvalue weighted by Crippen LogP contribution is 2.23. The monoisotopic (exact) mass is 322 g/mol. The lowest BCUT2D eigenvalue weighted by Crippen LogP contribution is -2.36. The number of amides is 1. The van der Waals surface area contributed by atoms with Gasteiger partial charge in [-0.2, -0.15) is 0 Å². The molecule has 2 rings (SSSR count). The molecule has 0 saturated carbocycles. The molecule has 0 radical (unpaired) electrons. The molecular formula is C18H27FN2O2. The minimum Gasteiger partial charge on any atom is -0.505 e. The summed E-state index contributed by atoms with van der Waals surface area (Å²) in [5.41, 5.74) is 0.659. The Hall–Kier alpha value is -1.62. The molecule has 0 aromatic heterocycles. The molecule has 1 heterocycles. The highest BCUT2D eigenvalue weighted by molar-refractivity contribution is 5.76. The molecule has 5 heteroatoms. The van der Waals surface area contributed by atoms with Gasteiger partial charge in [0, 0.05) is 6.42 Å². The lowest BCUT2D eigenvalue weighted by atomic mass is 9.93. The highest BCUT2D eigenvalue weighted by Gasteiger charge is 2.22. The molecule has 1 atom stereocenters. The third-order valence-corrected chi connectivity index (χ3v) is 4.57. The number of nitrogens with zero attached hydrogens (tertiary/aromatic N) is 1. The standard InChI is InChI=1S/C18H27FN2O2/c1-3-8-21-9-6-14(7-10-21)11-18(23)20-13(2)15-4-5-17(22)16(19)12-15/h4-5,12-14,22H,3,6-11H2,1-2H3,(H,20,23)/t13-/m1/s1. The van der Waals surface area contributed by atoms with Crippen molar-refractivity contribution in [2.24, 2.45) is 5.92 Å². The molecule has 1 aliphatic rings. The van der Waals surface area contributed by atoms with Crippen molar-refractivity contribution in [3.8, 4) is 5.75 Å². The van der Waals surface area contributed by atoms with Crippen molar-refractivity contribution in [1.29, 1.82) is 0 Å². The van der Waals surface area contributed by atoms with Crippen LogP contribution in [-0.4, -0.2) is 35.5 Å². The Kier molecular flexibility index (Phi) is 6.39. The Bertz CT molecular complexity index is 528. The Labute approximate surface area is 137 Å². The maximum atomic E-state index is 13.4. The number of carbonyl (C=O) groups excluding carboxylic acids is 1. The third kappa shape index (κ3) is 5.20. The molecule has 128 valence electrons. The summed E-state index contributed by atoms with van der Waals surface area (Å²) in [6.45, 7) is 7.30. The smallest absolute Gasteiger partial charge is 0.220 e. The Morgan fingerprint density at radius 3 is 2.74 bits per heavy atom. The van der Waals surface area contributed by atoms with Crippen LogP contribution in [0.2, 0.25) is 0 Å². The van der Waals surface area contributed by atoms with Crippen LogP contribution in [0.25, 0.3) is 0 Å². The minimum absolute atomic E-state index is 0.0138. The van der Waals surface area contributed by atoms with E-state index in [0.29, 0.717) is 17.9 Å². The van der Waals surface area contributed by atoms with Crippen LogP contribution in [0.4, 0.5) is 4.39 Å². The number of hydrogen-bond acceptors (Lipinski definition) is 3. The average Bonchev–Trinajstić information content (AvgIpc) is 2.52. The van der Waals surface area contributed by atoms with Gasteiger partial charge in [-0.25, -0.2) is 4.39 Å². The van der Waals surface area contributed by atoms with E-state index in [1.807, 2.05) is 6.92 Å². The van der Waals surface area contributed by atoms with Crippen LogP contribution >= 0.6 is 0 Å². The quantitative estimate of drug-likeness (QED) is 0.845. The van der Waals surface area contributed by atoms with Gasteiger partial charge in [-0.15, -0.1) is 0 Å². The van der Waals surface area contributed by atoms with Gasteiger partial charge in [0.25, 0.3) is 0 Å². The average molecular weight is 322 g/mol. The number of nitrogens with one attached hydrogen (secondary N) is 1. The zero-order valence-corrected chi connectivity index (χ0v) is 14.0. The highest BCUT2D eigenvalue weighted by atomic mass is 19.1. The van der Waals surface area contributed by atoms with E-state index in [4.69, 9.17) is 0 Å². The van der Waals surface area contributed by atoms with E-state index in [0.717, 1.165) is 32.5 Å². The van der Waals surface area contributed by atoms with E-state index in [1.165, 1.54) is 18.6 Å². The van der Waals surface area contributed by atoms with Crippen molar-refractivity contribution in [2.75, 3.05) is 19.6 Å². The van der Waals surface area contributed by atoms with Gasteiger partial charge in [-0.1, -0.05) is 13.0 Å². The molecular weight excluding hydrogens is 295 g/mol. The molecule has 1 aromatic rings. The van der Waals surface area contributed by atoms with Gasteiger partial charge in [-0.3, -0.25) is 4.79 Å². The molecule has 1 aromatic carbocycles. The van der Waals surface area contributed by atoms with E-state index in [-0.39, 0.29) is 17.7 Å². The summed E-state index contributed by atoms with van der Waals surface area (Å²) in [6, 6.07) is 3.95. The number of rotatable bonds is 6. The summed E-state index contributed by atoms with van der Waals surface area (Å²) in [4.78, 5) is 14.6. The zero-order chi connectivity index (χ0) is 16.8. The van der Waals surface area contributed by atoms with Gasteiger partial charge in [0.05, 0.1) is 6.04 Å². The molecule has 1 saturated heterocycles. The first kappa shape index (κ1) is 17.7. The van der Waals surface area contributed by atoms with Crippen LogP contribution in [0.1, 0.15) is 51.1 Å². The van der Waals surface area contributed by atoms with Gasteiger partial charge in [0.1, 0.15) is 0 Å². The number of phenolic OH excluding ortho intramolecular Hbond substituents is 1. The number of likely N-dealkylation sites (tertiary alicyclic amines) is 1. The van der Waals surface area contributed by atoms with E-state index in [9.17, 15) is 14.3 Å². The summed E-state index contributed by atoms with van der Waals surface area (Å²) < 4.78 is 13.4. The predicted octanol–water partition coefficient (Wildman–Crippen LogP) is 3.22. The van der Waals surface area contributed by atoms with E-state index in [1.54, 1.807) is 6.07 Å². The first-order valence-electron chi connectivity index (χ1n) is 8.49. The van der Waals surface area contributed by atoms with E-state index < -0.39 is 5.82 Å². The second-order valence-corrected chi connectivity index (χ2v) is 6.49. The number of hydrogen-bond donors (Lipinski definition) is 2. The molecule has 1 fully saturated rings. The molecule has 0 spiro atoms. The second-order valence-electron chi connectivity index (χ2n) is 6.49. The maximum Gasteiger partial charge on any atom is 0.220 e. The number of piperidine rings is 1. The second kappa shape index (κ2) is 8.29. The fourth-order valence-electron chi connectivity index (χ4n) is 3.17. The topological polar surface area (TPSA) is 52.6 Å². The van der Waals surface area contributed by atoms with Gasteiger partial charge in [-0.05, 0) is 69.4 Å². The van der Waals surface area contributed by atoms with Crippen LogP contribution in [0.3, 0.4) is 0 Å². The number of halogens is 1. The fraction of sp³-hybridized carbons (Fsp3) is 0.611. The van der Waals surface area contributed by atoms with Crippen molar-refractivity contribution in [1.82, 2.24) is 10.2 Å². The van der Waals surface area contributed by atoms with Crippen LogP contribution in [0, 0.1) is 11.7 Å². The van der Waals surface area contributed by atoms with Gasteiger partial charge >= 0.3 is 0 Å². The van der Waals surface area contributed by atoms with Gasteiger partial charge < -0.3 is 15.3 Å². The minimum atomic E-state index is -0.660. The van der Waals surface area contributed by atoms with Crippen LogP contribution in [0.15, 0.2) is 18.2 Å². The van der Waals surface area contributed by atoms with Gasteiger partial charge in [0.2, 0.25) is 5.91 Å². The van der Waals surface area contributed by atoms with Crippen LogP contribution in [0.5, 0.6) is 5.75 Å². The molecule has 1 aliphatic heterocycles. The van der Waals surface area contributed by atoms with Gasteiger partial charge in [0.15, 0.2) is 11.6 Å². The molecule has 1 amide bonds. The lowest BCUT2D eigenvalue weighted by molar-refractivity contribution is -0.123. The summed E-state index contributed by atoms with van der Waals surface area (Å²) >= 11 is 0. The molecule has 4 nitrogen and oxygen atoms in total. The van der Waals surface area contributed by atoms with E-state index in [2.05, 4.69) is 17.1 Å². The normalized spacial score (nSPS) is 17.9. The number of carbonyl (C=O) groups is 1. The summed E-state index contributed by atoms with van der Waals surface area (Å²) in [5, 5.41) is 12.1. The van der Waals surface area contributed by atoms with Crippen molar-refractivity contribution in [3.05, 3.63) is 29.6 Å². The van der Waals surface area contributed by atoms with Crippen molar-refractivity contribution < 1.29 is 14.3 Å². The van der Waals surface area contributed by atoms with E-state index >= 15 is 0 Å². The third-order valence-electron chi connectivity index (χ3n) is 4.57. The molecule has 0 aliphatic carbocycles. The Morgan fingerprint density at radius 2 is 2.13 bits per heavy atom. The van der Waals surface area contributed by atoms with Crippen LogP contribution in [-0.2, 0) is 4.79 Å².